The zero-order chi connectivity index (χ0) is 15.8. The second-order valence-corrected chi connectivity index (χ2v) is 5.79. The van der Waals surface area contributed by atoms with Gasteiger partial charge in [-0.15, -0.1) is 6.42 Å². The zero-order valence-corrected chi connectivity index (χ0v) is 14.8. The number of hydrogen-bond donors (Lipinski definition) is 1. The number of rotatable bonds is 0. The standard InChI is InChI=1S/C9H13.C8H10O.CH2.Ti/c1-9(2,3)8-6-4-5-7-8;1-6-3-7(2)5-8(9)4-6;;/h4,6H,5H2,1-3H3;3-5,9H,1-2H3;1H2;/q-1;;;+1. The summed E-state index contributed by atoms with van der Waals surface area (Å²) in [6, 6.07) is 5.51. The van der Waals surface area contributed by atoms with Crippen LogP contribution in [0.4, 0.5) is 0 Å². The average Bonchev–Trinajstić information content (AvgIpc) is 2.83. The van der Waals surface area contributed by atoms with Crippen LogP contribution >= 0.6 is 0 Å². The van der Waals surface area contributed by atoms with Gasteiger partial charge >= 0.3 is 24.8 Å². The summed E-state index contributed by atoms with van der Waals surface area (Å²) in [6.07, 6.45) is 8.63. The van der Waals surface area contributed by atoms with Gasteiger partial charge in [0.2, 0.25) is 0 Å². The molecule has 20 heavy (non-hydrogen) atoms. The van der Waals surface area contributed by atoms with Crippen LogP contribution in [-0.2, 0) is 20.0 Å². The molecule has 0 bridgehead atoms. The van der Waals surface area contributed by atoms with E-state index in [1.807, 2.05) is 19.9 Å². The van der Waals surface area contributed by atoms with Crippen molar-refractivity contribution in [1.82, 2.24) is 0 Å². The van der Waals surface area contributed by atoms with Gasteiger partial charge < -0.3 is 5.11 Å². The van der Waals surface area contributed by atoms with Gasteiger partial charge in [-0.1, -0.05) is 26.8 Å². The second-order valence-electron chi connectivity index (χ2n) is 5.79. The van der Waals surface area contributed by atoms with Crippen LogP contribution in [0.2, 0.25) is 0 Å². The fraction of sp³-hybridized carbons (Fsp3) is 0.389. The minimum atomic E-state index is 0.299. The van der Waals surface area contributed by atoms with Crippen LogP contribution in [0.25, 0.3) is 0 Å². The van der Waals surface area contributed by atoms with Crippen LogP contribution in [0.3, 0.4) is 0 Å². The van der Waals surface area contributed by atoms with Crippen LogP contribution in [0.5, 0.6) is 5.75 Å². The van der Waals surface area contributed by atoms with E-state index in [9.17, 15) is 0 Å². The van der Waals surface area contributed by atoms with Gasteiger partial charge in [0.05, 0.1) is 0 Å². The number of hydrogen-bond acceptors (Lipinski definition) is 1. The molecular formula is C18H25OTi. The van der Waals surface area contributed by atoms with E-state index >= 15 is 0 Å². The predicted molar refractivity (Wildman–Crippen MR) is 84.7 cm³/mol. The molecule has 0 spiro atoms. The summed E-state index contributed by atoms with van der Waals surface area (Å²) in [7, 11) is 0. The first-order valence-corrected chi connectivity index (χ1v) is 7.80. The Morgan fingerprint density at radius 1 is 1.10 bits per heavy atom. The molecule has 1 aliphatic carbocycles. The normalized spacial score (nSPS) is 12.8. The monoisotopic (exact) mass is 305 g/mol. The first-order valence-electron chi connectivity index (χ1n) is 6.69. The summed E-state index contributed by atoms with van der Waals surface area (Å²) in [4.78, 5) is 3.25. The second kappa shape index (κ2) is 9.10. The van der Waals surface area contributed by atoms with Gasteiger partial charge in [-0.05, 0) is 42.5 Å². The number of aromatic hydroxyl groups is 1. The molecule has 2 heteroatoms. The van der Waals surface area contributed by atoms with Gasteiger partial charge in [0.25, 0.3) is 0 Å². The van der Waals surface area contributed by atoms with Crippen molar-refractivity contribution in [3.05, 3.63) is 53.1 Å². The van der Waals surface area contributed by atoms with E-state index < -0.39 is 0 Å². The number of phenols is 1. The van der Waals surface area contributed by atoms with Crippen molar-refractivity contribution in [3.63, 3.8) is 0 Å². The van der Waals surface area contributed by atoms with Crippen molar-refractivity contribution >= 4 is 4.82 Å². The Balaban J connectivity index is 0.000000321. The summed E-state index contributed by atoms with van der Waals surface area (Å²) in [5.41, 5.74) is 3.86. The summed E-state index contributed by atoms with van der Waals surface area (Å²) >= 11 is 1.75. The molecule has 1 N–H and O–H groups in total. The Kier molecular flexibility index (Phi) is 8.68. The fourth-order valence-corrected chi connectivity index (χ4v) is 1.87. The SMILES string of the molecule is CC(C)(C)C1=[C-]CC=C1.Cc1cc(C)cc(O)c1.[CH2]=[Ti+]. The van der Waals surface area contributed by atoms with E-state index in [2.05, 4.69) is 43.8 Å². The van der Waals surface area contributed by atoms with Crippen LogP contribution in [0.1, 0.15) is 38.3 Å². The molecule has 0 atom stereocenters. The van der Waals surface area contributed by atoms with E-state index in [4.69, 9.17) is 5.11 Å². The molecule has 0 saturated carbocycles. The molecule has 0 aromatic heterocycles. The number of benzene rings is 1. The molecule has 0 fully saturated rings. The third-order valence-corrected chi connectivity index (χ3v) is 2.71. The van der Waals surface area contributed by atoms with Gasteiger partial charge in [0.15, 0.2) is 0 Å². The van der Waals surface area contributed by atoms with Gasteiger partial charge in [0.1, 0.15) is 5.75 Å². The third-order valence-electron chi connectivity index (χ3n) is 2.71. The van der Waals surface area contributed by atoms with Crippen LogP contribution in [-0.4, -0.2) is 9.92 Å². The molecular weight excluding hydrogens is 280 g/mol. The Morgan fingerprint density at radius 2 is 1.60 bits per heavy atom. The summed E-state index contributed by atoms with van der Waals surface area (Å²) < 4.78 is 0. The Hall–Kier alpha value is -0.916. The van der Waals surface area contributed by atoms with Crippen molar-refractivity contribution in [3.8, 4) is 5.75 Å². The quantitative estimate of drug-likeness (QED) is 0.544. The van der Waals surface area contributed by atoms with Crippen molar-refractivity contribution in [2.45, 2.75) is 41.0 Å². The van der Waals surface area contributed by atoms with E-state index in [-0.39, 0.29) is 0 Å². The van der Waals surface area contributed by atoms with Crippen molar-refractivity contribution in [2.75, 3.05) is 0 Å². The molecule has 1 nitrogen and oxygen atoms in total. The maximum atomic E-state index is 8.99. The molecule has 0 radical (unpaired) electrons. The fourth-order valence-electron chi connectivity index (χ4n) is 1.87. The van der Waals surface area contributed by atoms with E-state index in [1.54, 1.807) is 32.1 Å². The molecule has 0 unspecified atom stereocenters. The van der Waals surface area contributed by atoms with Gasteiger partial charge in [-0.2, -0.15) is 6.08 Å². The maximum absolute atomic E-state index is 8.99. The molecule has 1 aromatic rings. The Bertz CT molecular complexity index is 428. The first-order chi connectivity index (χ1) is 9.29. The van der Waals surface area contributed by atoms with E-state index in [0.717, 1.165) is 17.5 Å². The number of allylic oxidation sites excluding steroid dienone is 4. The summed E-state index contributed by atoms with van der Waals surface area (Å²) in [5.74, 6) is 0.354. The molecule has 0 aliphatic heterocycles. The summed E-state index contributed by atoms with van der Waals surface area (Å²) in [6.45, 7) is 10.6. The van der Waals surface area contributed by atoms with Gasteiger partial charge in [-0.25, -0.2) is 11.6 Å². The Labute approximate surface area is 135 Å². The van der Waals surface area contributed by atoms with Crippen molar-refractivity contribution in [1.29, 1.82) is 0 Å². The minimum absolute atomic E-state index is 0.299. The van der Waals surface area contributed by atoms with Crippen LogP contribution in [0, 0.1) is 25.3 Å². The topological polar surface area (TPSA) is 20.2 Å². The number of phenolic OH excluding ortho intramolecular Hbond substituents is 1. The third kappa shape index (κ3) is 7.62. The van der Waals surface area contributed by atoms with E-state index in [0.29, 0.717) is 11.2 Å². The molecule has 2 rings (SSSR count). The predicted octanol–water partition coefficient (Wildman–Crippen LogP) is 4.70. The van der Waals surface area contributed by atoms with Gasteiger partial charge in [-0.3, -0.25) is 6.08 Å². The zero-order valence-electron chi connectivity index (χ0n) is 13.2. The molecule has 0 amide bonds. The molecule has 0 saturated heterocycles. The van der Waals surface area contributed by atoms with E-state index in [1.165, 1.54) is 5.57 Å². The van der Waals surface area contributed by atoms with Gasteiger partial charge in [0, 0.05) is 0 Å². The Morgan fingerprint density at radius 3 is 1.85 bits per heavy atom. The van der Waals surface area contributed by atoms with Crippen LogP contribution < -0.4 is 0 Å². The van der Waals surface area contributed by atoms with Crippen molar-refractivity contribution < 1.29 is 25.1 Å². The molecule has 1 aliphatic rings. The molecule has 1 aromatic carbocycles. The first kappa shape index (κ1) is 19.1. The van der Waals surface area contributed by atoms with Crippen molar-refractivity contribution in [2.24, 2.45) is 5.41 Å². The summed E-state index contributed by atoms with van der Waals surface area (Å²) in [5, 5.41) is 8.99. The van der Waals surface area contributed by atoms with Crippen LogP contribution in [0.15, 0.2) is 35.9 Å². The molecule has 107 valence electrons. The average molecular weight is 305 g/mol. The molecule has 0 heterocycles. The number of aryl methyl sites for hydroxylation is 2.